The Bertz CT molecular complexity index is 1260. The molecule has 5 heteroatoms. The quantitative estimate of drug-likeness (QED) is 0.495. The highest BCUT2D eigenvalue weighted by molar-refractivity contribution is 5.96. The van der Waals surface area contributed by atoms with Gasteiger partial charge in [0.1, 0.15) is 11.7 Å². The smallest absolute Gasteiger partial charge is 0.244 e. The van der Waals surface area contributed by atoms with Crippen molar-refractivity contribution in [1.29, 1.82) is 5.26 Å². The highest BCUT2D eigenvalue weighted by Crippen LogP contribution is 2.39. The zero-order valence-electron chi connectivity index (χ0n) is 20.0. The highest BCUT2D eigenvalue weighted by Gasteiger charge is 2.28. The number of nitrogens with one attached hydrogen (secondary N) is 1. The van der Waals surface area contributed by atoms with Gasteiger partial charge in [-0.3, -0.25) is 4.79 Å². The van der Waals surface area contributed by atoms with Gasteiger partial charge in [-0.15, -0.1) is 0 Å². The second-order valence-corrected chi connectivity index (χ2v) is 8.98. The van der Waals surface area contributed by atoms with Gasteiger partial charge in [0.05, 0.1) is 17.3 Å². The van der Waals surface area contributed by atoms with E-state index in [9.17, 15) is 10.1 Å². The van der Waals surface area contributed by atoms with E-state index in [1.54, 1.807) is 6.08 Å². The summed E-state index contributed by atoms with van der Waals surface area (Å²) in [5, 5.41) is 14.1. The maximum atomic E-state index is 12.7. The molecule has 0 unspecified atom stereocenters. The molecule has 170 valence electrons. The van der Waals surface area contributed by atoms with Gasteiger partial charge >= 0.3 is 0 Å². The Hall–Kier alpha value is -3.39. The number of aromatic nitrogens is 2. The van der Waals surface area contributed by atoms with E-state index in [2.05, 4.69) is 54.1 Å². The number of carbonyl (C=O) groups is 1. The summed E-state index contributed by atoms with van der Waals surface area (Å²) in [6, 6.07) is 13.2. The molecule has 1 N–H and O–H groups in total. The molecule has 0 radical (unpaired) electrons. The van der Waals surface area contributed by atoms with Crippen LogP contribution in [-0.2, 0) is 11.2 Å². The first-order valence-electron chi connectivity index (χ1n) is 12.0. The summed E-state index contributed by atoms with van der Waals surface area (Å²) in [4.78, 5) is 17.6. The van der Waals surface area contributed by atoms with E-state index >= 15 is 0 Å². The van der Waals surface area contributed by atoms with Crippen LogP contribution in [0.5, 0.6) is 0 Å². The Balaban J connectivity index is 1.91. The minimum atomic E-state index is -0.130. The van der Waals surface area contributed by atoms with Crippen molar-refractivity contribution in [1.82, 2.24) is 14.9 Å². The molecule has 1 aliphatic rings. The summed E-state index contributed by atoms with van der Waals surface area (Å²) in [6.45, 7) is 8.16. The average molecular weight is 441 g/mol. The third-order valence-electron chi connectivity index (χ3n) is 6.81. The van der Waals surface area contributed by atoms with Crippen molar-refractivity contribution in [2.75, 3.05) is 0 Å². The van der Waals surface area contributed by atoms with Crippen LogP contribution in [0.25, 0.3) is 17.1 Å². The standard InChI is InChI=1S/C28H32N4O/c1-5-21(6-2)31-26(33)15-14-25-23(17-29)27-18(3)16-19(4)30-28(27)32(25)24-13-9-11-20-10-7-8-12-22(20)24/h7-8,10,12,14-16,21,24H,5-6,9,11,13H2,1-4H3,(H,31,33)/b15-14+/t24-/m0/s1. The number of pyridine rings is 1. The molecule has 2 aromatic heterocycles. The number of amides is 1. The second kappa shape index (κ2) is 9.62. The molecular formula is C28H32N4O. The summed E-state index contributed by atoms with van der Waals surface area (Å²) < 4.78 is 2.20. The molecule has 0 fully saturated rings. The summed E-state index contributed by atoms with van der Waals surface area (Å²) in [5.74, 6) is -0.130. The lowest BCUT2D eigenvalue weighted by Crippen LogP contribution is -2.32. The normalized spacial score (nSPS) is 15.7. The van der Waals surface area contributed by atoms with Gasteiger partial charge in [0, 0.05) is 23.2 Å². The van der Waals surface area contributed by atoms with Gasteiger partial charge in [0.2, 0.25) is 5.91 Å². The number of benzene rings is 1. The van der Waals surface area contributed by atoms with Crippen molar-refractivity contribution in [3.63, 3.8) is 0 Å². The van der Waals surface area contributed by atoms with Gasteiger partial charge in [-0.25, -0.2) is 4.98 Å². The molecule has 0 saturated heterocycles. The van der Waals surface area contributed by atoms with Crippen molar-refractivity contribution in [2.45, 2.75) is 71.9 Å². The van der Waals surface area contributed by atoms with Crippen LogP contribution < -0.4 is 5.32 Å². The minimum absolute atomic E-state index is 0.0787. The molecule has 0 aliphatic heterocycles. The SMILES string of the molecule is CCC(CC)NC(=O)/C=C/c1c(C#N)c2c(C)cc(C)nc2n1[C@H]1CCCc2ccccc21. The predicted octanol–water partition coefficient (Wildman–Crippen LogP) is 5.77. The van der Waals surface area contributed by atoms with Crippen molar-refractivity contribution in [3.8, 4) is 6.07 Å². The fourth-order valence-corrected chi connectivity index (χ4v) is 5.15. The molecule has 1 amide bonds. The maximum Gasteiger partial charge on any atom is 0.244 e. The minimum Gasteiger partial charge on any atom is -0.350 e. The van der Waals surface area contributed by atoms with E-state index in [-0.39, 0.29) is 18.0 Å². The molecule has 4 rings (SSSR count). The monoisotopic (exact) mass is 440 g/mol. The molecular weight excluding hydrogens is 408 g/mol. The molecule has 33 heavy (non-hydrogen) atoms. The molecule has 2 heterocycles. The van der Waals surface area contributed by atoms with Gasteiger partial charge in [0.25, 0.3) is 0 Å². The number of rotatable bonds is 6. The fraction of sp³-hybridized carbons (Fsp3) is 0.393. The second-order valence-electron chi connectivity index (χ2n) is 8.98. The summed E-state index contributed by atoms with van der Waals surface area (Å²) in [5.41, 5.74) is 6.76. The lowest BCUT2D eigenvalue weighted by Gasteiger charge is -2.28. The molecule has 5 nitrogen and oxygen atoms in total. The Morgan fingerprint density at radius 3 is 2.79 bits per heavy atom. The van der Waals surface area contributed by atoms with Gasteiger partial charge in [-0.2, -0.15) is 5.26 Å². The number of carbonyl (C=O) groups excluding carboxylic acids is 1. The Kier molecular flexibility index (Phi) is 6.65. The van der Waals surface area contributed by atoms with Crippen LogP contribution in [-0.4, -0.2) is 21.5 Å². The number of fused-ring (bicyclic) bond motifs is 2. The van der Waals surface area contributed by atoms with E-state index in [0.717, 1.165) is 60.1 Å². The van der Waals surface area contributed by atoms with E-state index in [1.807, 2.05) is 26.0 Å². The van der Waals surface area contributed by atoms with Gasteiger partial charge in [0.15, 0.2) is 0 Å². The van der Waals surface area contributed by atoms with Crippen LogP contribution in [0.4, 0.5) is 0 Å². The van der Waals surface area contributed by atoms with Crippen LogP contribution in [0.2, 0.25) is 0 Å². The Morgan fingerprint density at radius 1 is 1.30 bits per heavy atom. The van der Waals surface area contributed by atoms with E-state index < -0.39 is 0 Å². The van der Waals surface area contributed by atoms with E-state index in [4.69, 9.17) is 4.98 Å². The Labute approximate surface area is 196 Å². The van der Waals surface area contributed by atoms with Crippen molar-refractivity contribution >= 4 is 23.0 Å². The zero-order valence-corrected chi connectivity index (χ0v) is 20.0. The molecule has 3 aromatic rings. The number of hydrogen-bond acceptors (Lipinski definition) is 3. The summed E-state index contributed by atoms with van der Waals surface area (Å²) >= 11 is 0. The van der Waals surface area contributed by atoms with E-state index in [1.165, 1.54) is 11.1 Å². The van der Waals surface area contributed by atoms with Crippen LogP contribution in [0.1, 0.15) is 79.2 Å². The first-order chi connectivity index (χ1) is 16.0. The van der Waals surface area contributed by atoms with Crippen molar-refractivity contribution in [2.24, 2.45) is 0 Å². The molecule has 0 spiro atoms. The molecule has 1 aromatic carbocycles. The van der Waals surface area contributed by atoms with Gasteiger partial charge < -0.3 is 9.88 Å². The van der Waals surface area contributed by atoms with Crippen molar-refractivity contribution < 1.29 is 4.79 Å². The van der Waals surface area contributed by atoms with Crippen LogP contribution in [0.3, 0.4) is 0 Å². The van der Waals surface area contributed by atoms with Crippen LogP contribution in [0, 0.1) is 25.2 Å². The van der Waals surface area contributed by atoms with E-state index in [0.29, 0.717) is 5.56 Å². The first-order valence-corrected chi connectivity index (χ1v) is 12.0. The fourth-order valence-electron chi connectivity index (χ4n) is 5.15. The zero-order chi connectivity index (χ0) is 23.5. The van der Waals surface area contributed by atoms with Crippen molar-refractivity contribution in [3.05, 3.63) is 70.0 Å². The number of hydrogen-bond donors (Lipinski definition) is 1. The van der Waals surface area contributed by atoms with Crippen LogP contribution in [0.15, 0.2) is 36.4 Å². The number of nitriles is 1. The summed E-state index contributed by atoms with van der Waals surface area (Å²) in [6.07, 6.45) is 8.27. The number of aryl methyl sites for hydroxylation is 3. The molecule has 0 saturated carbocycles. The summed E-state index contributed by atoms with van der Waals surface area (Å²) in [7, 11) is 0. The largest absolute Gasteiger partial charge is 0.350 e. The highest BCUT2D eigenvalue weighted by atomic mass is 16.1. The maximum absolute atomic E-state index is 12.7. The first kappa shape index (κ1) is 22.8. The third kappa shape index (κ3) is 4.30. The van der Waals surface area contributed by atoms with Gasteiger partial charge in [-0.1, -0.05) is 38.1 Å². The average Bonchev–Trinajstić information content (AvgIpc) is 3.13. The van der Waals surface area contributed by atoms with Crippen LogP contribution >= 0.6 is 0 Å². The lowest BCUT2D eigenvalue weighted by molar-refractivity contribution is -0.117. The molecule has 1 aliphatic carbocycles. The van der Waals surface area contributed by atoms with Gasteiger partial charge in [-0.05, 0) is 74.8 Å². The topological polar surface area (TPSA) is 70.7 Å². The Morgan fingerprint density at radius 2 is 2.06 bits per heavy atom. The molecule has 0 bridgehead atoms. The number of nitrogens with zero attached hydrogens (tertiary/aromatic N) is 3. The lowest BCUT2D eigenvalue weighted by atomic mass is 9.87. The predicted molar refractivity (Wildman–Crippen MR) is 133 cm³/mol. The molecule has 1 atom stereocenters. The third-order valence-corrected chi connectivity index (χ3v) is 6.81.